The number of nitrogens with one attached hydrogen (secondary N) is 1. The van der Waals surface area contributed by atoms with Gasteiger partial charge in [-0.25, -0.2) is 9.37 Å². The molecule has 1 aromatic carbocycles. The van der Waals surface area contributed by atoms with E-state index < -0.39 is 5.82 Å². The summed E-state index contributed by atoms with van der Waals surface area (Å²) in [5.74, 6) is -0.243. The van der Waals surface area contributed by atoms with Crippen molar-refractivity contribution < 1.29 is 13.9 Å². The van der Waals surface area contributed by atoms with Crippen LogP contribution in [0.3, 0.4) is 0 Å². The van der Waals surface area contributed by atoms with E-state index in [0.717, 1.165) is 0 Å². The number of rotatable bonds is 5. The highest BCUT2D eigenvalue weighted by Gasteiger charge is 2.14. The Morgan fingerprint density at radius 1 is 1.36 bits per heavy atom. The molecule has 1 heterocycles. The van der Waals surface area contributed by atoms with Crippen molar-refractivity contribution in [2.24, 2.45) is 0 Å². The van der Waals surface area contributed by atoms with Crippen LogP contribution >= 0.6 is 0 Å². The predicted octanol–water partition coefficient (Wildman–Crippen LogP) is 1.87. The third-order valence-electron chi connectivity index (χ3n) is 2.94. The number of aromatic nitrogens is 2. The topological polar surface area (TPSA) is 67.3 Å². The zero-order chi connectivity index (χ0) is 16.1. The fourth-order valence-corrected chi connectivity index (χ4v) is 1.89. The smallest absolute Gasteiger partial charge is 0.318 e. The molecule has 0 fully saturated rings. The van der Waals surface area contributed by atoms with Gasteiger partial charge in [-0.15, -0.1) is 0 Å². The van der Waals surface area contributed by atoms with Crippen molar-refractivity contribution in [3.8, 4) is 6.01 Å². The molecule has 116 valence electrons. The Morgan fingerprint density at radius 3 is 2.73 bits per heavy atom. The second kappa shape index (κ2) is 6.84. The molecule has 0 aliphatic heterocycles. The van der Waals surface area contributed by atoms with E-state index in [1.165, 1.54) is 19.4 Å². The van der Waals surface area contributed by atoms with Crippen LogP contribution in [-0.2, 0) is 11.2 Å². The largest absolute Gasteiger partial charge is 0.467 e. The van der Waals surface area contributed by atoms with Crippen molar-refractivity contribution in [1.29, 1.82) is 0 Å². The number of methoxy groups -OCH3 is 1. The lowest BCUT2D eigenvalue weighted by Gasteiger charge is -2.16. The Bertz CT molecular complexity index is 676. The molecule has 1 aromatic heterocycles. The van der Waals surface area contributed by atoms with E-state index >= 15 is 0 Å². The van der Waals surface area contributed by atoms with Gasteiger partial charge >= 0.3 is 6.01 Å². The summed E-state index contributed by atoms with van der Waals surface area (Å²) in [6, 6.07) is 6.37. The molecule has 0 aliphatic carbocycles. The summed E-state index contributed by atoms with van der Waals surface area (Å²) in [5.41, 5.74) is 0.771. The molecule has 22 heavy (non-hydrogen) atoms. The number of ether oxygens (including phenoxy) is 1. The minimum absolute atomic E-state index is 0.0639. The first-order chi connectivity index (χ1) is 10.5. The van der Waals surface area contributed by atoms with Gasteiger partial charge in [-0.1, -0.05) is 18.2 Å². The van der Waals surface area contributed by atoms with E-state index in [4.69, 9.17) is 4.74 Å². The van der Waals surface area contributed by atoms with Gasteiger partial charge in [0.2, 0.25) is 5.91 Å². The average Bonchev–Trinajstić information content (AvgIpc) is 2.49. The minimum atomic E-state index is -0.406. The number of carbonyl (C=O) groups is 1. The molecule has 6 nitrogen and oxygen atoms in total. The van der Waals surface area contributed by atoms with E-state index in [-0.39, 0.29) is 18.3 Å². The van der Waals surface area contributed by atoms with Gasteiger partial charge in [-0.2, -0.15) is 4.98 Å². The number of hydrogen-bond acceptors (Lipinski definition) is 5. The monoisotopic (exact) mass is 304 g/mol. The lowest BCUT2D eigenvalue weighted by Crippen LogP contribution is -2.20. The first-order valence-electron chi connectivity index (χ1n) is 6.63. The third-order valence-corrected chi connectivity index (χ3v) is 2.94. The normalized spacial score (nSPS) is 10.2. The van der Waals surface area contributed by atoms with E-state index in [9.17, 15) is 9.18 Å². The standard InChI is InChI=1S/C15H17FN4O2/c1-20(2)14-12(9-17-15(19-14)22-3)18-13(21)8-10-6-4-5-7-11(10)16/h4-7,9H,8H2,1-3H3,(H,18,21). The summed E-state index contributed by atoms with van der Waals surface area (Å²) >= 11 is 0. The minimum Gasteiger partial charge on any atom is -0.467 e. The SMILES string of the molecule is COc1ncc(NC(=O)Cc2ccccc2F)c(N(C)C)n1. The van der Waals surface area contributed by atoms with Crippen LogP contribution in [0, 0.1) is 5.82 Å². The molecule has 2 rings (SSSR count). The van der Waals surface area contributed by atoms with Crippen molar-refractivity contribution in [3.63, 3.8) is 0 Å². The molecule has 0 spiro atoms. The number of hydrogen-bond donors (Lipinski definition) is 1. The number of halogens is 1. The van der Waals surface area contributed by atoms with E-state index in [0.29, 0.717) is 17.1 Å². The van der Waals surface area contributed by atoms with Crippen LogP contribution in [0.15, 0.2) is 30.5 Å². The lowest BCUT2D eigenvalue weighted by atomic mass is 10.1. The summed E-state index contributed by atoms with van der Waals surface area (Å²) in [5, 5.41) is 2.69. The van der Waals surface area contributed by atoms with Crippen LogP contribution in [0.4, 0.5) is 15.9 Å². The fourth-order valence-electron chi connectivity index (χ4n) is 1.89. The first kappa shape index (κ1) is 15.7. The van der Waals surface area contributed by atoms with Crippen molar-refractivity contribution >= 4 is 17.4 Å². The van der Waals surface area contributed by atoms with Crippen LogP contribution in [0.25, 0.3) is 0 Å². The Morgan fingerprint density at radius 2 is 2.09 bits per heavy atom. The Balaban J connectivity index is 2.16. The predicted molar refractivity (Wildman–Crippen MR) is 81.6 cm³/mol. The van der Waals surface area contributed by atoms with Crippen molar-refractivity contribution in [2.75, 3.05) is 31.4 Å². The van der Waals surface area contributed by atoms with Gasteiger partial charge in [0.05, 0.1) is 19.7 Å². The maximum absolute atomic E-state index is 13.6. The van der Waals surface area contributed by atoms with Gasteiger partial charge in [0.15, 0.2) is 5.82 Å². The third kappa shape index (κ3) is 3.69. The molecule has 2 aromatic rings. The van der Waals surface area contributed by atoms with Crippen molar-refractivity contribution in [1.82, 2.24) is 9.97 Å². The van der Waals surface area contributed by atoms with Gasteiger partial charge < -0.3 is 15.0 Å². The van der Waals surface area contributed by atoms with E-state index in [1.807, 2.05) is 0 Å². The number of benzene rings is 1. The van der Waals surface area contributed by atoms with Crippen LogP contribution in [0.5, 0.6) is 6.01 Å². The zero-order valence-electron chi connectivity index (χ0n) is 12.6. The Kier molecular flexibility index (Phi) is 4.88. The quantitative estimate of drug-likeness (QED) is 0.913. The highest BCUT2D eigenvalue weighted by atomic mass is 19.1. The highest BCUT2D eigenvalue weighted by Crippen LogP contribution is 2.23. The molecule has 0 radical (unpaired) electrons. The molecule has 0 aliphatic rings. The molecule has 1 N–H and O–H groups in total. The van der Waals surface area contributed by atoms with Crippen LogP contribution < -0.4 is 15.0 Å². The maximum atomic E-state index is 13.6. The highest BCUT2D eigenvalue weighted by molar-refractivity contribution is 5.94. The summed E-state index contributed by atoms with van der Waals surface area (Å²) in [6.07, 6.45) is 1.39. The van der Waals surface area contributed by atoms with Gasteiger partial charge in [0.25, 0.3) is 0 Å². The number of carbonyl (C=O) groups excluding carboxylic acids is 1. The van der Waals surface area contributed by atoms with Crippen molar-refractivity contribution in [2.45, 2.75) is 6.42 Å². The second-order valence-electron chi connectivity index (χ2n) is 4.80. The number of anilines is 2. The molecular weight excluding hydrogens is 287 g/mol. The molecule has 0 bridgehead atoms. The number of nitrogens with zero attached hydrogens (tertiary/aromatic N) is 3. The van der Waals surface area contributed by atoms with Crippen LogP contribution in [0.1, 0.15) is 5.56 Å². The zero-order valence-corrected chi connectivity index (χ0v) is 12.6. The van der Waals surface area contributed by atoms with Gasteiger partial charge in [0, 0.05) is 14.1 Å². The Hall–Kier alpha value is -2.70. The summed E-state index contributed by atoms with van der Waals surface area (Å²) in [7, 11) is 5.04. The molecule has 0 atom stereocenters. The molecular formula is C15H17FN4O2. The summed E-state index contributed by atoms with van der Waals surface area (Å²) < 4.78 is 18.5. The second-order valence-corrected chi connectivity index (χ2v) is 4.80. The first-order valence-corrected chi connectivity index (χ1v) is 6.63. The van der Waals surface area contributed by atoms with E-state index in [2.05, 4.69) is 15.3 Å². The number of amides is 1. The Labute approximate surface area is 128 Å². The van der Waals surface area contributed by atoms with E-state index in [1.54, 1.807) is 37.2 Å². The summed E-state index contributed by atoms with van der Waals surface area (Å²) in [6.45, 7) is 0. The molecule has 0 saturated carbocycles. The fraction of sp³-hybridized carbons (Fsp3) is 0.267. The lowest BCUT2D eigenvalue weighted by molar-refractivity contribution is -0.115. The van der Waals surface area contributed by atoms with Gasteiger partial charge in [0.1, 0.15) is 11.5 Å². The van der Waals surface area contributed by atoms with Gasteiger partial charge in [-0.3, -0.25) is 4.79 Å². The summed E-state index contributed by atoms with van der Waals surface area (Å²) in [4.78, 5) is 21.9. The average molecular weight is 304 g/mol. The van der Waals surface area contributed by atoms with Gasteiger partial charge in [-0.05, 0) is 11.6 Å². The van der Waals surface area contributed by atoms with Crippen molar-refractivity contribution in [3.05, 3.63) is 41.8 Å². The molecule has 0 saturated heterocycles. The van der Waals surface area contributed by atoms with Crippen LogP contribution in [0.2, 0.25) is 0 Å². The van der Waals surface area contributed by atoms with Crippen LogP contribution in [-0.4, -0.2) is 37.1 Å². The molecule has 7 heteroatoms. The molecule has 0 unspecified atom stereocenters. The molecule has 1 amide bonds. The maximum Gasteiger partial charge on any atom is 0.318 e.